The predicted octanol–water partition coefficient (Wildman–Crippen LogP) is 17.4. The van der Waals surface area contributed by atoms with Crippen LogP contribution in [0, 0.1) is 0 Å². The molecule has 2 aromatic heterocycles. The summed E-state index contributed by atoms with van der Waals surface area (Å²) in [6, 6.07) is 84.8. The molecule has 0 saturated heterocycles. The Bertz CT molecular complexity index is 3910. The van der Waals surface area contributed by atoms with E-state index in [0.717, 1.165) is 22.7 Å². The van der Waals surface area contributed by atoms with Crippen molar-refractivity contribution in [3.05, 3.63) is 231 Å². The van der Waals surface area contributed by atoms with Crippen LogP contribution < -0.4 is 4.90 Å². The standard InChI is InChI=1S/C60H38N2S/c1-2-19-42(20-3-1)61-53-28-12-10-25-50(53)58-54(61)29-15-30-55(58)62(43-34-32-40(33-35-43)45-27-14-18-39-16-4-6-21-44(39)45)56-37-36-49(60-59(56)51-26-11-13-31-57(51)63-60)52-38-41-17-5-7-22-46(41)47-23-8-9-24-48(47)52/h1-38H. The number of hydrogen-bond donors (Lipinski definition) is 0. The summed E-state index contributed by atoms with van der Waals surface area (Å²) >= 11 is 1.90. The van der Waals surface area contributed by atoms with Crippen molar-refractivity contribution < 1.29 is 0 Å². The molecule has 0 saturated carbocycles. The Morgan fingerprint density at radius 3 is 1.81 bits per heavy atom. The second-order valence-corrected chi connectivity index (χ2v) is 17.4. The lowest BCUT2D eigenvalue weighted by atomic mass is 9.92. The first kappa shape index (κ1) is 35.7. The number of benzene rings is 11. The van der Waals surface area contributed by atoms with E-state index in [-0.39, 0.29) is 0 Å². The van der Waals surface area contributed by atoms with Crippen LogP contribution >= 0.6 is 11.3 Å². The molecule has 3 heteroatoms. The van der Waals surface area contributed by atoms with Gasteiger partial charge in [0, 0.05) is 47.9 Å². The number of rotatable bonds is 6. The van der Waals surface area contributed by atoms with Crippen LogP contribution in [-0.2, 0) is 0 Å². The first-order valence-electron chi connectivity index (χ1n) is 21.6. The van der Waals surface area contributed by atoms with Crippen LogP contribution in [0.2, 0.25) is 0 Å². The first-order valence-corrected chi connectivity index (χ1v) is 22.4. The van der Waals surface area contributed by atoms with E-state index in [1.807, 2.05) is 11.3 Å². The molecule has 0 N–H and O–H groups in total. The molecule has 11 aromatic carbocycles. The number of para-hydroxylation sites is 2. The lowest BCUT2D eigenvalue weighted by molar-refractivity contribution is 1.18. The zero-order chi connectivity index (χ0) is 41.4. The fourth-order valence-electron chi connectivity index (χ4n) is 10.2. The molecular weight excluding hydrogens is 781 g/mol. The summed E-state index contributed by atoms with van der Waals surface area (Å²) in [7, 11) is 0. The summed E-state index contributed by atoms with van der Waals surface area (Å²) in [4.78, 5) is 2.53. The van der Waals surface area contributed by atoms with Crippen LogP contribution in [0.3, 0.4) is 0 Å². The van der Waals surface area contributed by atoms with Crippen LogP contribution in [0.25, 0.3) is 102 Å². The third kappa shape index (κ3) is 5.57. The van der Waals surface area contributed by atoms with Crippen LogP contribution in [-0.4, -0.2) is 4.57 Å². The van der Waals surface area contributed by atoms with Gasteiger partial charge in [0.25, 0.3) is 0 Å². The second kappa shape index (κ2) is 14.3. The third-order valence-corrected chi connectivity index (χ3v) is 14.2. The average Bonchev–Trinajstić information content (AvgIpc) is 3.91. The molecule has 2 nitrogen and oxygen atoms in total. The van der Waals surface area contributed by atoms with Crippen LogP contribution in [0.5, 0.6) is 0 Å². The molecule has 0 aliphatic rings. The van der Waals surface area contributed by atoms with Gasteiger partial charge in [-0.15, -0.1) is 11.3 Å². The maximum absolute atomic E-state index is 2.53. The van der Waals surface area contributed by atoms with Crippen LogP contribution in [0.4, 0.5) is 17.1 Å². The Kier molecular flexibility index (Phi) is 8.12. The first-order chi connectivity index (χ1) is 31.3. The van der Waals surface area contributed by atoms with Crippen molar-refractivity contribution in [2.75, 3.05) is 4.90 Å². The minimum atomic E-state index is 1.10. The zero-order valence-electron chi connectivity index (χ0n) is 34.2. The molecule has 0 aliphatic heterocycles. The summed E-state index contributed by atoms with van der Waals surface area (Å²) in [5, 5.41) is 12.5. The molecule has 13 aromatic rings. The normalized spacial score (nSPS) is 11.8. The summed E-state index contributed by atoms with van der Waals surface area (Å²) in [6.45, 7) is 0. The topological polar surface area (TPSA) is 8.17 Å². The molecule has 0 spiro atoms. The third-order valence-electron chi connectivity index (χ3n) is 13.0. The minimum absolute atomic E-state index is 1.10. The monoisotopic (exact) mass is 818 g/mol. The van der Waals surface area contributed by atoms with Crippen LogP contribution in [0.15, 0.2) is 231 Å². The summed E-state index contributed by atoms with van der Waals surface area (Å²) in [5.41, 5.74) is 11.8. The van der Waals surface area contributed by atoms with Gasteiger partial charge in [-0.2, -0.15) is 0 Å². The molecule has 2 heterocycles. The molecule has 0 unspecified atom stereocenters. The minimum Gasteiger partial charge on any atom is -0.309 e. The number of nitrogens with zero attached hydrogens (tertiary/aromatic N) is 2. The molecule has 0 bridgehead atoms. The van der Waals surface area contributed by atoms with Crippen molar-refractivity contribution in [1.29, 1.82) is 0 Å². The van der Waals surface area contributed by atoms with E-state index in [2.05, 4.69) is 240 Å². The van der Waals surface area contributed by atoms with Gasteiger partial charge in [0.15, 0.2) is 0 Å². The van der Waals surface area contributed by atoms with E-state index in [4.69, 9.17) is 0 Å². The molecule has 0 radical (unpaired) electrons. The van der Waals surface area contributed by atoms with Gasteiger partial charge in [-0.25, -0.2) is 0 Å². The second-order valence-electron chi connectivity index (χ2n) is 16.4. The maximum Gasteiger partial charge on any atom is 0.0562 e. The zero-order valence-corrected chi connectivity index (χ0v) is 35.1. The SMILES string of the molecule is c1ccc(-n2c3ccccc3c3c(N(c4ccc(-c5cccc6ccccc56)cc4)c4ccc(-c5cc6ccccc6c6ccccc56)c5sc6ccccc6c45)cccc32)cc1. The smallest absolute Gasteiger partial charge is 0.0562 e. The van der Waals surface area contributed by atoms with Crippen molar-refractivity contribution in [2.45, 2.75) is 0 Å². The van der Waals surface area contributed by atoms with Gasteiger partial charge in [0.1, 0.15) is 0 Å². The predicted molar refractivity (Wildman–Crippen MR) is 272 cm³/mol. The lowest BCUT2D eigenvalue weighted by Gasteiger charge is -2.28. The molecule has 0 amide bonds. The van der Waals surface area contributed by atoms with Gasteiger partial charge >= 0.3 is 0 Å². The molecule has 0 fully saturated rings. The Hall–Kier alpha value is -7.98. The van der Waals surface area contributed by atoms with Crippen molar-refractivity contribution in [3.63, 3.8) is 0 Å². The maximum atomic E-state index is 2.53. The number of aromatic nitrogens is 1. The highest BCUT2D eigenvalue weighted by Gasteiger charge is 2.25. The number of fused-ring (bicyclic) bond motifs is 10. The molecule has 0 atom stereocenters. The van der Waals surface area contributed by atoms with Gasteiger partial charge < -0.3 is 9.47 Å². The van der Waals surface area contributed by atoms with Gasteiger partial charge in [-0.3, -0.25) is 0 Å². The van der Waals surface area contributed by atoms with E-state index < -0.39 is 0 Å². The molecule has 0 aliphatic carbocycles. The Morgan fingerprint density at radius 1 is 0.349 bits per heavy atom. The average molecular weight is 819 g/mol. The molecule has 13 rings (SSSR count). The van der Waals surface area contributed by atoms with E-state index >= 15 is 0 Å². The van der Waals surface area contributed by atoms with Crippen molar-refractivity contribution in [1.82, 2.24) is 4.57 Å². The van der Waals surface area contributed by atoms with E-state index in [1.165, 1.54) is 96.5 Å². The number of anilines is 3. The molecule has 294 valence electrons. The van der Waals surface area contributed by atoms with E-state index in [1.54, 1.807) is 0 Å². The number of hydrogen-bond acceptors (Lipinski definition) is 2. The highest BCUT2D eigenvalue weighted by Crippen LogP contribution is 2.52. The fraction of sp³-hybridized carbons (Fsp3) is 0. The largest absolute Gasteiger partial charge is 0.309 e. The summed E-state index contributed by atoms with van der Waals surface area (Å²) in [6.07, 6.45) is 0. The summed E-state index contributed by atoms with van der Waals surface area (Å²) < 4.78 is 4.97. The quantitative estimate of drug-likeness (QED) is 0.152. The van der Waals surface area contributed by atoms with Crippen molar-refractivity contribution in [2.24, 2.45) is 0 Å². The Balaban J connectivity index is 1.12. The fourth-order valence-corrected chi connectivity index (χ4v) is 11.5. The molecular formula is C60H38N2S. The van der Waals surface area contributed by atoms with Crippen molar-refractivity contribution in [3.8, 4) is 27.9 Å². The van der Waals surface area contributed by atoms with E-state index in [9.17, 15) is 0 Å². The van der Waals surface area contributed by atoms with Crippen LogP contribution in [0.1, 0.15) is 0 Å². The Morgan fingerprint density at radius 2 is 0.968 bits per heavy atom. The number of thiophene rings is 1. The lowest BCUT2D eigenvalue weighted by Crippen LogP contribution is -2.11. The highest BCUT2D eigenvalue weighted by atomic mass is 32.1. The highest BCUT2D eigenvalue weighted by molar-refractivity contribution is 7.26. The van der Waals surface area contributed by atoms with Gasteiger partial charge in [0.05, 0.1) is 22.4 Å². The van der Waals surface area contributed by atoms with Crippen molar-refractivity contribution >= 4 is 103 Å². The Labute approximate surface area is 368 Å². The summed E-state index contributed by atoms with van der Waals surface area (Å²) in [5.74, 6) is 0. The van der Waals surface area contributed by atoms with E-state index in [0.29, 0.717) is 0 Å². The van der Waals surface area contributed by atoms with Gasteiger partial charge in [-0.05, 0) is 110 Å². The molecule has 63 heavy (non-hydrogen) atoms. The van der Waals surface area contributed by atoms with Gasteiger partial charge in [0.2, 0.25) is 0 Å². The van der Waals surface area contributed by atoms with Gasteiger partial charge in [-0.1, -0.05) is 170 Å².